The van der Waals surface area contributed by atoms with E-state index in [0.717, 1.165) is 75.4 Å². The first-order valence-electron chi connectivity index (χ1n) is 10.9. The molecule has 0 bridgehead atoms. The molecule has 31 heavy (non-hydrogen) atoms. The molecule has 2 N–H and O–H groups in total. The molecule has 2 aromatic rings. The fraction of sp³-hybridized carbons (Fsp3) is 0.478. The van der Waals surface area contributed by atoms with Gasteiger partial charge < -0.3 is 25.2 Å². The summed E-state index contributed by atoms with van der Waals surface area (Å²) in [5.41, 5.74) is 2.22. The summed E-state index contributed by atoms with van der Waals surface area (Å²) in [5, 5.41) is 6.66. The Morgan fingerprint density at radius 2 is 1.84 bits per heavy atom. The minimum absolute atomic E-state index is 0.200. The van der Waals surface area contributed by atoms with E-state index in [1.807, 2.05) is 31.3 Å². The van der Waals surface area contributed by atoms with E-state index < -0.39 is 0 Å². The van der Waals surface area contributed by atoms with Crippen LogP contribution in [0.25, 0.3) is 0 Å². The van der Waals surface area contributed by atoms with Gasteiger partial charge in [-0.1, -0.05) is 0 Å². The van der Waals surface area contributed by atoms with Crippen LogP contribution in [0.15, 0.2) is 47.6 Å². The van der Waals surface area contributed by atoms with Crippen LogP contribution >= 0.6 is 0 Å². The fourth-order valence-electron chi connectivity index (χ4n) is 3.52. The molecular weight excluding hydrogens is 395 g/mol. The molecule has 0 saturated carbocycles. The van der Waals surface area contributed by atoms with Crippen molar-refractivity contribution in [3.63, 3.8) is 0 Å². The maximum Gasteiger partial charge on any atom is 0.191 e. The van der Waals surface area contributed by atoms with Crippen molar-refractivity contribution in [1.29, 1.82) is 0 Å². The van der Waals surface area contributed by atoms with Crippen LogP contribution in [0.1, 0.15) is 18.9 Å². The third-order valence-corrected chi connectivity index (χ3v) is 5.25. The highest BCUT2D eigenvalue weighted by Crippen LogP contribution is 2.20. The van der Waals surface area contributed by atoms with Gasteiger partial charge in [-0.3, -0.25) is 4.99 Å². The average Bonchev–Trinajstić information content (AvgIpc) is 2.82. The number of rotatable bonds is 9. The molecular formula is C23H33FN6O. The van der Waals surface area contributed by atoms with E-state index in [1.165, 1.54) is 12.1 Å². The van der Waals surface area contributed by atoms with Crippen LogP contribution in [-0.2, 0) is 11.3 Å². The predicted molar refractivity (Wildman–Crippen MR) is 124 cm³/mol. The van der Waals surface area contributed by atoms with Crippen molar-refractivity contribution in [2.45, 2.75) is 19.9 Å². The van der Waals surface area contributed by atoms with Crippen LogP contribution in [0.5, 0.6) is 0 Å². The quantitative estimate of drug-likeness (QED) is 0.364. The lowest BCUT2D eigenvalue weighted by atomic mass is 10.2. The van der Waals surface area contributed by atoms with Gasteiger partial charge in [-0.25, -0.2) is 9.37 Å². The summed E-state index contributed by atoms with van der Waals surface area (Å²) >= 11 is 0. The summed E-state index contributed by atoms with van der Waals surface area (Å²) in [6.45, 7) is 8.52. The first-order valence-corrected chi connectivity index (χ1v) is 10.9. The van der Waals surface area contributed by atoms with Gasteiger partial charge in [0.2, 0.25) is 0 Å². The second-order valence-corrected chi connectivity index (χ2v) is 7.38. The molecule has 1 aromatic heterocycles. The zero-order chi connectivity index (χ0) is 21.9. The largest absolute Gasteiger partial charge is 0.382 e. The van der Waals surface area contributed by atoms with Crippen molar-refractivity contribution in [3.05, 3.63) is 54.0 Å². The molecule has 1 fully saturated rings. The van der Waals surface area contributed by atoms with Gasteiger partial charge in [0.1, 0.15) is 11.6 Å². The standard InChI is InChI=1S/C23H33FN6O/c1-3-31-16-4-10-27-23(25-2)28-18-19-9-11-26-22(17-19)30-14-12-29(13-15-30)21-7-5-20(24)6-8-21/h5-9,11,17H,3-4,10,12-16,18H2,1-2H3,(H2,25,27,28). The van der Waals surface area contributed by atoms with Crippen molar-refractivity contribution >= 4 is 17.5 Å². The van der Waals surface area contributed by atoms with E-state index in [4.69, 9.17) is 4.74 Å². The molecule has 1 aliphatic heterocycles. The molecule has 168 valence electrons. The zero-order valence-electron chi connectivity index (χ0n) is 18.5. The number of anilines is 2. The number of hydrogen-bond donors (Lipinski definition) is 2. The summed E-state index contributed by atoms with van der Waals surface area (Å²) < 4.78 is 18.5. The summed E-state index contributed by atoms with van der Waals surface area (Å²) in [4.78, 5) is 13.4. The van der Waals surface area contributed by atoms with Gasteiger partial charge in [0.15, 0.2) is 5.96 Å². The SMILES string of the molecule is CCOCCCNC(=NC)NCc1ccnc(N2CCN(c3ccc(F)cc3)CC2)c1. The Balaban J connectivity index is 1.47. The molecule has 7 nitrogen and oxygen atoms in total. The summed E-state index contributed by atoms with van der Waals surface area (Å²) in [6.07, 6.45) is 2.80. The number of guanidine groups is 1. The normalized spacial score (nSPS) is 14.6. The summed E-state index contributed by atoms with van der Waals surface area (Å²) in [6, 6.07) is 10.9. The maximum atomic E-state index is 13.2. The van der Waals surface area contributed by atoms with Gasteiger partial charge in [-0.05, 0) is 55.3 Å². The first-order chi connectivity index (χ1) is 15.2. The van der Waals surface area contributed by atoms with Gasteiger partial charge in [0.25, 0.3) is 0 Å². The van der Waals surface area contributed by atoms with Crippen molar-refractivity contribution in [2.24, 2.45) is 4.99 Å². The number of aliphatic imine (C=N–C) groups is 1. The molecule has 0 atom stereocenters. The number of halogens is 1. The third kappa shape index (κ3) is 7.10. The Kier molecular flexibility index (Phi) is 8.90. The number of pyridine rings is 1. The van der Waals surface area contributed by atoms with E-state index in [-0.39, 0.29) is 5.82 Å². The van der Waals surface area contributed by atoms with Gasteiger partial charge >= 0.3 is 0 Å². The van der Waals surface area contributed by atoms with E-state index >= 15 is 0 Å². The highest BCUT2D eigenvalue weighted by Gasteiger charge is 2.18. The van der Waals surface area contributed by atoms with Gasteiger partial charge in [0, 0.05) is 71.4 Å². The van der Waals surface area contributed by atoms with Gasteiger partial charge in [-0.2, -0.15) is 0 Å². The number of aromatic nitrogens is 1. The smallest absolute Gasteiger partial charge is 0.191 e. The molecule has 8 heteroatoms. The van der Waals surface area contributed by atoms with Crippen LogP contribution < -0.4 is 20.4 Å². The molecule has 0 amide bonds. The topological polar surface area (TPSA) is 65.0 Å². The Morgan fingerprint density at radius 1 is 1.10 bits per heavy atom. The number of hydrogen-bond acceptors (Lipinski definition) is 5. The average molecular weight is 429 g/mol. The molecule has 0 aliphatic carbocycles. The summed E-state index contributed by atoms with van der Waals surface area (Å²) in [7, 11) is 1.77. The van der Waals surface area contributed by atoms with Crippen LogP contribution in [0.2, 0.25) is 0 Å². The molecule has 1 saturated heterocycles. The minimum atomic E-state index is -0.200. The zero-order valence-corrected chi connectivity index (χ0v) is 18.5. The predicted octanol–water partition coefficient (Wildman–Crippen LogP) is 2.64. The second-order valence-electron chi connectivity index (χ2n) is 7.38. The van der Waals surface area contributed by atoms with E-state index in [1.54, 1.807) is 7.05 Å². The molecule has 1 aliphatic rings. The monoisotopic (exact) mass is 428 g/mol. The van der Waals surface area contributed by atoms with Crippen molar-refractivity contribution in [2.75, 3.05) is 62.8 Å². The minimum Gasteiger partial charge on any atom is -0.382 e. The lowest BCUT2D eigenvalue weighted by Gasteiger charge is -2.36. The fourth-order valence-corrected chi connectivity index (χ4v) is 3.52. The van der Waals surface area contributed by atoms with Gasteiger partial charge in [0.05, 0.1) is 0 Å². The highest BCUT2D eigenvalue weighted by atomic mass is 19.1. The lowest BCUT2D eigenvalue weighted by Crippen LogP contribution is -2.46. The van der Waals surface area contributed by atoms with Crippen molar-refractivity contribution in [1.82, 2.24) is 15.6 Å². The highest BCUT2D eigenvalue weighted by molar-refractivity contribution is 5.79. The molecule has 0 spiro atoms. The number of ether oxygens (including phenoxy) is 1. The molecule has 2 heterocycles. The Labute approximate surface area is 184 Å². The Hall–Kier alpha value is -2.87. The number of nitrogens with one attached hydrogen (secondary N) is 2. The molecule has 0 radical (unpaired) electrons. The first kappa shape index (κ1) is 22.8. The van der Waals surface area contributed by atoms with E-state index in [2.05, 4.69) is 36.5 Å². The Morgan fingerprint density at radius 3 is 2.55 bits per heavy atom. The van der Waals surface area contributed by atoms with Crippen molar-refractivity contribution < 1.29 is 9.13 Å². The third-order valence-electron chi connectivity index (χ3n) is 5.25. The van der Waals surface area contributed by atoms with Crippen LogP contribution in [-0.4, -0.2) is 63.9 Å². The Bertz CT molecular complexity index is 821. The molecule has 0 unspecified atom stereocenters. The summed E-state index contributed by atoms with van der Waals surface area (Å²) in [5.74, 6) is 1.56. The van der Waals surface area contributed by atoms with Gasteiger partial charge in [-0.15, -0.1) is 0 Å². The maximum absolute atomic E-state index is 13.2. The van der Waals surface area contributed by atoms with Crippen LogP contribution in [0, 0.1) is 5.82 Å². The van der Waals surface area contributed by atoms with Crippen molar-refractivity contribution in [3.8, 4) is 0 Å². The number of benzene rings is 1. The number of nitrogens with zero attached hydrogens (tertiary/aromatic N) is 4. The molecule has 3 rings (SSSR count). The second kappa shape index (κ2) is 12.1. The molecule has 1 aromatic carbocycles. The van der Waals surface area contributed by atoms with Crippen LogP contribution in [0.4, 0.5) is 15.9 Å². The lowest BCUT2D eigenvalue weighted by molar-refractivity contribution is 0.145. The van der Waals surface area contributed by atoms with E-state index in [9.17, 15) is 4.39 Å². The van der Waals surface area contributed by atoms with E-state index in [0.29, 0.717) is 6.54 Å². The van der Waals surface area contributed by atoms with Crippen LogP contribution in [0.3, 0.4) is 0 Å². The number of piperazine rings is 1.